The summed E-state index contributed by atoms with van der Waals surface area (Å²) in [7, 11) is 0. The molecule has 0 aliphatic heterocycles. The van der Waals surface area contributed by atoms with Crippen molar-refractivity contribution in [2.24, 2.45) is 0 Å². The van der Waals surface area contributed by atoms with Crippen molar-refractivity contribution in [3.8, 4) is 16.9 Å². The van der Waals surface area contributed by atoms with Crippen LogP contribution < -0.4 is 0 Å². The van der Waals surface area contributed by atoms with Crippen LogP contribution >= 0.6 is 0 Å². The lowest BCUT2D eigenvalue weighted by atomic mass is 9.94. The highest BCUT2D eigenvalue weighted by molar-refractivity contribution is 5.89. The fourth-order valence-corrected chi connectivity index (χ4v) is 2.20. The zero-order valence-corrected chi connectivity index (χ0v) is 10.3. The first kappa shape index (κ1) is 12.2. The Morgan fingerprint density at radius 1 is 1.06 bits per heavy atom. The van der Waals surface area contributed by atoms with Crippen molar-refractivity contribution in [2.75, 3.05) is 0 Å². The van der Waals surface area contributed by atoms with Crippen molar-refractivity contribution in [1.82, 2.24) is 0 Å². The number of phenolic OH excluding ortho intramolecular Hbond substituents is 1. The number of hydrogen-bond donors (Lipinski definition) is 2. The molecule has 3 nitrogen and oxygen atoms in total. The largest absolute Gasteiger partial charge is 0.508 e. The molecular formula is C15H14O3. The van der Waals surface area contributed by atoms with E-state index in [0.717, 1.165) is 22.3 Å². The van der Waals surface area contributed by atoms with Crippen molar-refractivity contribution in [3.63, 3.8) is 0 Å². The van der Waals surface area contributed by atoms with E-state index in [2.05, 4.69) is 0 Å². The van der Waals surface area contributed by atoms with E-state index < -0.39 is 5.97 Å². The molecule has 0 spiro atoms. The minimum atomic E-state index is -0.939. The molecule has 0 aliphatic carbocycles. The lowest BCUT2D eigenvalue weighted by Crippen LogP contribution is -1.97. The number of aromatic hydroxyl groups is 1. The van der Waals surface area contributed by atoms with Crippen LogP contribution in [0.15, 0.2) is 36.4 Å². The number of carboxylic acids is 1. The quantitative estimate of drug-likeness (QED) is 0.848. The van der Waals surface area contributed by atoms with E-state index in [1.807, 2.05) is 19.9 Å². The summed E-state index contributed by atoms with van der Waals surface area (Å²) in [6.45, 7) is 3.80. The third-order valence-corrected chi connectivity index (χ3v) is 2.92. The average Bonchev–Trinajstić information content (AvgIpc) is 2.28. The van der Waals surface area contributed by atoms with Crippen LogP contribution in [0.25, 0.3) is 11.1 Å². The van der Waals surface area contributed by atoms with Crippen LogP contribution in [0, 0.1) is 13.8 Å². The van der Waals surface area contributed by atoms with E-state index in [1.165, 1.54) is 0 Å². The van der Waals surface area contributed by atoms with Crippen LogP contribution in [0.3, 0.4) is 0 Å². The Hall–Kier alpha value is -2.29. The summed E-state index contributed by atoms with van der Waals surface area (Å²) in [5.74, 6) is -0.714. The Morgan fingerprint density at radius 3 is 2.22 bits per heavy atom. The molecule has 2 aromatic carbocycles. The number of phenols is 1. The van der Waals surface area contributed by atoms with Crippen LogP contribution in [-0.2, 0) is 0 Å². The van der Waals surface area contributed by atoms with E-state index in [-0.39, 0.29) is 11.3 Å². The fourth-order valence-electron chi connectivity index (χ4n) is 2.20. The van der Waals surface area contributed by atoms with Gasteiger partial charge >= 0.3 is 5.97 Å². The normalized spacial score (nSPS) is 10.3. The molecular weight excluding hydrogens is 228 g/mol. The predicted octanol–water partition coefficient (Wildman–Crippen LogP) is 3.37. The third kappa shape index (κ3) is 2.20. The number of aryl methyl sites for hydroxylation is 2. The van der Waals surface area contributed by atoms with Crippen LogP contribution in [0.2, 0.25) is 0 Å². The maximum absolute atomic E-state index is 11.0. The Labute approximate surface area is 105 Å². The van der Waals surface area contributed by atoms with Gasteiger partial charge in [0.2, 0.25) is 0 Å². The highest BCUT2D eigenvalue weighted by Gasteiger charge is 2.10. The van der Waals surface area contributed by atoms with Crippen LogP contribution in [-0.4, -0.2) is 16.2 Å². The van der Waals surface area contributed by atoms with Gasteiger partial charge in [0, 0.05) is 0 Å². The summed E-state index contributed by atoms with van der Waals surface area (Å²) in [6, 6.07) is 10.2. The second-order valence-corrected chi connectivity index (χ2v) is 4.34. The fraction of sp³-hybridized carbons (Fsp3) is 0.133. The van der Waals surface area contributed by atoms with Crippen LogP contribution in [0.5, 0.6) is 5.75 Å². The molecule has 0 amide bonds. The van der Waals surface area contributed by atoms with Gasteiger partial charge < -0.3 is 10.2 Å². The van der Waals surface area contributed by atoms with Crippen molar-refractivity contribution in [2.45, 2.75) is 13.8 Å². The molecule has 2 aromatic rings. The summed E-state index contributed by atoms with van der Waals surface area (Å²) in [6.07, 6.45) is 0. The lowest BCUT2D eigenvalue weighted by Gasteiger charge is -2.11. The summed E-state index contributed by atoms with van der Waals surface area (Å²) in [5.41, 5.74) is 3.94. The summed E-state index contributed by atoms with van der Waals surface area (Å²) >= 11 is 0. The van der Waals surface area contributed by atoms with E-state index >= 15 is 0 Å². The van der Waals surface area contributed by atoms with Crippen molar-refractivity contribution in [1.29, 1.82) is 0 Å². The van der Waals surface area contributed by atoms with Crippen LogP contribution in [0.1, 0.15) is 21.5 Å². The zero-order chi connectivity index (χ0) is 13.3. The molecule has 18 heavy (non-hydrogen) atoms. The van der Waals surface area contributed by atoms with Crippen molar-refractivity contribution < 1.29 is 15.0 Å². The van der Waals surface area contributed by atoms with Crippen molar-refractivity contribution >= 4 is 5.97 Å². The van der Waals surface area contributed by atoms with Gasteiger partial charge in [0.1, 0.15) is 5.75 Å². The standard InChI is InChI=1S/C15H14O3/c1-9-6-13(16)7-10(2)14(9)11-4-3-5-12(8-11)15(17)18/h3-8,16H,1-2H3,(H,17,18). The topological polar surface area (TPSA) is 57.5 Å². The molecule has 0 fully saturated rings. The third-order valence-electron chi connectivity index (χ3n) is 2.92. The van der Waals surface area contributed by atoms with E-state index in [0.29, 0.717) is 0 Å². The summed E-state index contributed by atoms with van der Waals surface area (Å²) < 4.78 is 0. The van der Waals surface area contributed by atoms with Gasteiger partial charge in [-0.1, -0.05) is 12.1 Å². The Bertz CT molecular complexity index is 592. The number of benzene rings is 2. The number of carbonyl (C=O) groups is 1. The maximum atomic E-state index is 11.0. The molecule has 0 aliphatic rings. The number of hydrogen-bond acceptors (Lipinski definition) is 2. The van der Waals surface area contributed by atoms with Gasteiger partial charge in [-0.2, -0.15) is 0 Å². The minimum Gasteiger partial charge on any atom is -0.508 e. The van der Waals surface area contributed by atoms with E-state index in [4.69, 9.17) is 5.11 Å². The predicted molar refractivity (Wildman–Crippen MR) is 70.0 cm³/mol. The molecule has 0 saturated heterocycles. The van der Waals surface area contributed by atoms with Gasteiger partial charge in [-0.3, -0.25) is 0 Å². The van der Waals surface area contributed by atoms with Gasteiger partial charge in [0.05, 0.1) is 5.56 Å². The SMILES string of the molecule is Cc1cc(O)cc(C)c1-c1cccc(C(=O)O)c1. The number of rotatable bonds is 2. The zero-order valence-electron chi connectivity index (χ0n) is 10.3. The molecule has 2 N–H and O–H groups in total. The second kappa shape index (κ2) is 4.53. The van der Waals surface area contributed by atoms with Crippen LogP contribution in [0.4, 0.5) is 0 Å². The van der Waals surface area contributed by atoms with E-state index in [1.54, 1.807) is 30.3 Å². The highest BCUT2D eigenvalue weighted by Crippen LogP contribution is 2.30. The Morgan fingerprint density at radius 2 is 1.67 bits per heavy atom. The molecule has 0 bridgehead atoms. The van der Waals surface area contributed by atoms with Gasteiger partial charge in [0.15, 0.2) is 0 Å². The summed E-state index contributed by atoms with van der Waals surface area (Å²) in [5, 5.41) is 18.5. The van der Waals surface area contributed by atoms with Gasteiger partial charge in [0.25, 0.3) is 0 Å². The maximum Gasteiger partial charge on any atom is 0.335 e. The molecule has 3 heteroatoms. The highest BCUT2D eigenvalue weighted by atomic mass is 16.4. The monoisotopic (exact) mass is 242 g/mol. The lowest BCUT2D eigenvalue weighted by molar-refractivity contribution is 0.0697. The van der Waals surface area contributed by atoms with Gasteiger partial charge in [-0.05, 0) is 60.4 Å². The molecule has 0 saturated carbocycles. The number of carboxylic acid groups (broad SMARTS) is 1. The summed E-state index contributed by atoms with van der Waals surface area (Å²) in [4.78, 5) is 11.0. The molecule has 0 unspecified atom stereocenters. The molecule has 0 radical (unpaired) electrons. The van der Waals surface area contributed by atoms with E-state index in [9.17, 15) is 9.90 Å². The van der Waals surface area contributed by atoms with Gasteiger partial charge in [-0.15, -0.1) is 0 Å². The van der Waals surface area contributed by atoms with Gasteiger partial charge in [-0.25, -0.2) is 4.79 Å². The van der Waals surface area contributed by atoms with Crippen molar-refractivity contribution in [3.05, 3.63) is 53.1 Å². The Balaban J connectivity index is 2.62. The average molecular weight is 242 g/mol. The molecule has 0 heterocycles. The molecule has 0 aromatic heterocycles. The minimum absolute atomic E-state index is 0.225. The molecule has 0 atom stereocenters. The first-order valence-corrected chi connectivity index (χ1v) is 5.63. The number of aromatic carboxylic acids is 1. The molecule has 2 rings (SSSR count). The Kier molecular flexibility index (Phi) is 3.06. The second-order valence-electron chi connectivity index (χ2n) is 4.34. The molecule has 92 valence electrons. The smallest absolute Gasteiger partial charge is 0.335 e. The first-order valence-electron chi connectivity index (χ1n) is 5.63. The first-order chi connectivity index (χ1) is 8.49.